The Balaban J connectivity index is 1.73. The van der Waals surface area contributed by atoms with Crippen molar-refractivity contribution in [2.45, 2.75) is 0 Å². The molecule has 0 unspecified atom stereocenters. The summed E-state index contributed by atoms with van der Waals surface area (Å²) in [5, 5.41) is 4.94. The molecule has 4 rings (SSSR count). The van der Waals surface area contributed by atoms with Crippen molar-refractivity contribution >= 4 is 51.8 Å². The number of nitrogens with two attached hydrogens (primary N) is 1. The van der Waals surface area contributed by atoms with E-state index < -0.39 is 0 Å². The van der Waals surface area contributed by atoms with Crippen LogP contribution in [0.4, 0.5) is 17.6 Å². The number of para-hydroxylation sites is 1. The van der Waals surface area contributed by atoms with E-state index in [9.17, 15) is 0 Å². The van der Waals surface area contributed by atoms with Crippen molar-refractivity contribution in [2.75, 3.05) is 11.1 Å². The molecular weight excluding hydrogens is 361 g/mol. The first-order chi connectivity index (χ1) is 12.1. The minimum Gasteiger partial charge on any atom is -0.453 e. The molecule has 0 amide bonds. The highest BCUT2D eigenvalue weighted by molar-refractivity contribution is 6.36. The van der Waals surface area contributed by atoms with Gasteiger partial charge in [0.05, 0.1) is 10.7 Å². The number of furan rings is 1. The summed E-state index contributed by atoms with van der Waals surface area (Å²) in [4.78, 5) is 12.6. The summed E-state index contributed by atoms with van der Waals surface area (Å²) >= 11 is 12.1. The third-order valence-corrected chi connectivity index (χ3v) is 4.02. The van der Waals surface area contributed by atoms with Crippen molar-refractivity contribution in [1.29, 1.82) is 0 Å². The first-order valence-corrected chi connectivity index (χ1v) is 8.07. The van der Waals surface area contributed by atoms with Crippen LogP contribution < -0.4 is 11.1 Å². The number of halogens is 2. The highest BCUT2D eigenvalue weighted by Crippen LogP contribution is 2.29. The van der Waals surface area contributed by atoms with Crippen LogP contribution in [-0.2, 0) is 0 Å². The number of nitrogen functional groups attached to an aromatic ring is 1. The molecule has 0 fully saturated rings. The molecule has 0 radical (unpaired) electrons. The number of nitrogens with zero attached hydrogens (tertiary/aromatic N) is 3. The maximum Gasteiger partial charge on any atom is 0.232 e. The lowest BCUT2D eigenvalue weighted by Crippen LogP contribution is -2.05. The van der Waals surface area contributed by atoms with Gasteiger partial charge in [0.15, 0.2) is 5.76 Å². The quantitative estimate of drug-likeness (QED) is 0.531. The van der Waals surface area contributed by atoms with Crippen LogP contribution >= 0.6 is 23.2 Å². The van der Waals surface area contributed by atoms with Gasteiger partial charge < -0.3 is 15.5 Å². The summed E-state index contributed by atoms with van der Waals surface area (Å²) in [6.07, 6.45) is 0. The van der Waals surface area contributed by atoms with Crippen molar-refractivity contribution in [3.05, 3.63) is 58.6 Å². The van der Waals surface area contributed by atoms with Gasteiger partial charge in [-0.05, 0) is 30.3 Å². The molecule has 0 saturated heterocycles. The summed E-state index contributed by atoms with van der Waals surface area (Å²) in [6.45, 7) is 0. The van der Waals surface area contributed by atoms with E-state index in [2.05, 4.69) is 20.3 Å². The molecule has 2 aromatic carbocycles. The van der Waals surface area contributed by atoms with E-state index in [0.717, 1.165) is 11.0 Å². The van der Waals surface area contributed by atoms with E-state index in [1.165, 1.54) is 0 Å². The Kier molecular flexibility index (Phi) is 3.91. The van der Waals surface area contributed by atoms with Crippen LogP contribution in [0.3, 0.4) is 0 Å². The van der Waals surface area contributed by atoms with Crippen LogP contribution in [0.1, 0.15) is 0 Å². The molecule has 0 aliphatic carbocycles. The maximum absolute atomic E-state index is 6.16. The lowest BCUT2D eigenvalue weighted by Gasteiger charge is -2.08. The van der Waals surface area contributed by atoms with Gasteiger partial charge in [0.25, 0.3) is 0 Å². The molecule has 2 heterocycles. The molecule has 4 aromatic rings. The predicted molar refractivity (Wildman–Crippen MR) is 99.2 cm³/mol. The van der Waals surface area contributed by atoms with Gasteiger partial charge in [0, 0.05) is 10.4 Å². The molecular formula is C17H11Cl2N5O. The van der Waals surface area contributed by atoms with E-state index in [1.807, 2.05) is 30.3 Å². The first-order valence-electron chi connectivity index (χ1n) is 7.31. The van der Waals surface area contributed by atoms with Crippen molar-refractivity contribution in [3.8, 4) is 11.6 Å². The smallest absolute Gasteiger partial charge is 0.232 e. The Hall–Kier alpha value is -2.83. The molecule has 8 heteroatoms. The van der Waals surface area contributed by atoms with Gasteiger partial charge in [-0.2, -0.15) is 15.0 Å². The molecule has 0 aliphatic heterocycles. The summed E-state index contributed by atoms with van der Waals surface area (Å²) in [6, 6.07) is 14.5. The summed E-state index contributed by atoms with van der Waals surface area (Å²) in [5.41, 5.74) is 7.16. The zero-order chi connectivity index (χ0) is 17.4. The van der Waals surface area contributed by atoms with E-state index >= 15 is 0 Å². The predicted octanol–water partition coefficient (Wildman–Crippen LogP) is 4.92. The minimum absolute atomic E-state index is 0.0676. The zero-order valence-corrected chi connectivity index (χ0v) is 14.2. The third kappa shape index (κ3) is 3.22. The number of benzene rings is 2. The minimum atomic E-state index is 0.0676. The van der Waals surface area contributed by atoms with E-state index in [-0.39, 0.29) is 11.9 Å². The van der Waals surface area contributed by atoms with Crippen LogP contribution in [0.2, 0.25) is 10.0 Å². The number of hydrogen-bond donors (Lipinski definition) is 2. The Labute approximate surface area is 152 Å². The monoisotopic (exact) mass is 371 g/mol. The second-order valence-electron chi connectivity index (χ2n) is 5.24. The van der Waals surface area contributed by atoms with Gasteiger partial charge in [-0.25, -0.2) is 0 Å². The lowest BCUT2D eigenvalue weighted by atomic mass is 10.2. The largest absolute Gasteiger partial charge is 0.453 e. The maximum atomic E-state index is 6.16. The molecule has 0 aliphatic rings. The van der Waals surface area contributed by atoms with Crippen LogP contribution in [0.15, 0.2) is 52.9 Å². The van der Waals surface area contributed by atoms with Gasteiger partial charge in [0.2, 0.25) is 17.7 Å². The molecule has 3 N–H and O–H groups in total. The van der Waals surface area contributed by atoms with Gasteiger partial charge in [-0.15, -0.1) is 0 Å². The topological polar surface area (TPSA) is 89.9 Å². The molecule has 25 heavy (non-hydrogen) atoms. The fraction of sp³-hybridized carbons (Fsp3) is 0. The van der Waals surface area contributed by atoms with Crippen molar-refractivity contribution < 1.29 is 4.42 Å². The second-order valence-corrected chi connectivity index (χ2v) is 6.08. The standard InChI is InChI=1S/C17H11Cl2N5O/c18-10-5-6-12(11(19)8-10)21-17-23-15(22-16(20)24-17)14-7-9-3-1-2-4-13(9)25-14/h1-8H,(H3,20,21,22,23,24). The molecule has 0 spiro atoms. The highest BCUT2D eigenvalue weighted by atomic mass is 35.5. The fourth-order valence-electron chi connectivity index (χ4n) is 2.36. The van der Waals surface area contributed by atoms with Gasteiger partial charge in [-0.1, -0.05) is 41.4 Å². The van der Waals surface area contributed by atoms with E-state index in [0.29, 0.717) is 27.3 Å². The lowest BCUT2D eigenvalue weighted by molar-refractivity contribution is 0.625. The van der Waals surface area contributed by atoms with Crippen molar-refractivity contribution in [3.63, 3.8) is 0 Å². The van der Waals surface area contributed by atoms with Gasteiger partial charge in [0.1, 0.15) is 5.58 Å². The molecule has 0 atom stereocenters. The molecule has 0 saturated carbocycles. The Bertz CT molecular complexity index is 1050. The third-order valence-electron chi connectivity index (χ3n) is 3.48. The SMILES string of the molecule is Nc1nc(Nc2ccc(Cl)cc2Cl)nc(-c2cc3ccccc3o2)n1. The van der Waals surface area contributed by atoms with Crippen LogP contribution in [-0.4, -0.2) is 15.0 Å². The number of fused-ring (bicyclic) bond motifs is 1. The summed E-state index contributed by atoms with van der Waals surface area (Å²) in [7, 11) is 0. The number of rotatable bonds is 3. The van der Waals surface area contributed by atoms with Crippen LogP contribution in [0.5, 0.6) is 0 Å². The normalized spacial score (nSPS) is 11.0. The average molecular weight is 372 g/mol. The Morgan fingerprint density at radius 1 is 0.960 bits per heavy atom. The average Bonchev–Trinajstić information content (AvgIpc) is 3.01. The number of anilines is 3. The number of hydrogen-bond acceptors (Lipinski definition) is 6. The van der Waals surface area contributed by atoms with Crippen molar-refractivity contribution in [2.24, 2.45) is 0 Å². The van der Waals surface area contributed by atoms with Gasteiger partial charge in [-0.3, -0.25) is 0 Å². The number of nitrogens with one attached hydrogen (secondary N) is 1. The zero-order valence-electron chi connectivity index (χ0n) is 12.7. The Morgan fingerprint density at radius 3 is 2.60 bits per heavy atom. The molecule has 6 nitrogen and oxygen atoms in total. The summed E-state index contributed by atoms with van der Waals surface area (Å²) in [5.74, 6) is 1.15. The fourth-order valence-corrected chi connectivity index (χ4v) is 2.82. The van der Waals surface area contributed by atoms with Crippen LogP contribution in [0.25, 0.3) is 22.6 Å². The van der Waals surface area contributed by atoms with Crippen molar-refractivity contribution in [1.82, 2.24) is 15.0 Å². The molecule has 124 valence electrons. The van der Waals surface area contributed by atoms with Gasteiger partial charge >= 0.3 is 0 Å². The molecule has 0 bridgehead atoms. The van der Waals surface area contributed by atoms with Crippen LogP contribution in [0, 0.1) is 0 Å². The number of aromatic nitrogens is 3. The molecule has 2 aromatic heterocycles. The van der Waals surface area contributed by atoms with E-state index in [1.54, 1.807) is 18.2 Å². The second kappa shape index (κ2) is 6.23. The summed E-state index contributed by atoms with van der Waals surface area (Å²) < 4.78 is 5.77. The Morgan fingerprint density at radius 2 is 1.80 bits per heavy atom. The van der Waals surface area contributed by atoms with E-state index in [4.69, 9.17) is 33.4 Å². The highest BCUT2D eigenvalue weighted by Gasteiger charge is 2.13. The first kappa shape index (κ1) is 15.7.